The molecule has 0 aliphatic rings. The minimum absolute atomic E-state index is 0.0753. The molecule has 0 spiro atoms. The summed E-state index contributed by atoms with van der Waals surface area (Å²) < 4.78 is 6.80. The van der Waals surface area contributed by atoms with Crippen LogP contribution in [0.1, 0.15) is 25.0 Å². The molecule has 0 aliphatic carbocycles. The fourth-order valence-electron chi connectivity index (χ4n) is 4.31. The molecule has 0 bridgehead atoms. The van der Waals surface area contributed by atoms with Crippen molar-refractivity contribution in [3.63, 3.8) is 0 Å². The van der Waals surface area contributed by atoms with Gasteiger partial charge in [-0.3, -0.25) is 9.59 Å². The van der Waals surface area contributed by atoms with Crippen molar-refractivity contribution in [1.82, 2.24) is 10.2 Å². The first-order chi connectivity index (χ1) is 18.3. The summed E-state index contributed by atoms with van der Waals surface area (Å²) in [7, 11) is 0. The smallest absolute Gasteiger partial charge is 0.261 e. The number of nitrogens with one attached hydrogen (secondary N) is 1. The Kier molecular flexibility index (Phi) is 9.43. The zero-order valence-corrected chi connectivity index (χ0v) is 23.7. The molecule has 1 atom stereocenters. The molecule has 1 N–H and O–H groups in total. The van der Waals surface area contributed by atoms with Crippen LogP contribution in [0, 0.1) is 0 Å². The molecule has 5 nitrogen and oxygen atoms in total. The Hall–Kier alpha value is -3.35. The monoisotopic (exact) mass is 592 g/mol. The summed E-state index contributed by atoms with van der Waals surface area (Å²) in [5, 5.41) is 5.61. The fraction of sp³-hybridized carbons (Fsp3) is 0.226. The molecule has 0 aliphatic heterocycles. The molecule has 4 aromatic rings. The van der Waals surface area contributed by atoms with E-state index in [0.29, 0.717) is 17.2 Å². The van der Waals surface area contributed by atoms with Gasteiger partial charge in [-0.05, 0) is 69.9 Å². The number of rotatable bonds is 10. The van der Waals surface area contributed by atoms with E-state index in [-0.39, 0.29) is 31.0 Å². The average molecular weight is 594 g/mol. The Labute approximate surface area is 236 Å². The number of benzene rings is 4. The minimum Gasteiger partial charge on any atom is -0.483 e. The molecule has 4 aromatic carbocycles. The summed E-state index contributed by atoms with van der Waals surface area (Å²) in [5.74, 6) is 0.0435. The van der Waals surface area contributed by atoms with Gasteiger partial charge >= 0.3 is 0 Å². The van der Waals surface area contributed by atoms with Gasteiger partial charge in [0, 0.05) is 24.0 Å². The molecule has 0 saturated heterocycles. The average Bonchev–Trinajstić information content (AvgIpc) is 2.90. The van der Waals surface area contributed by atoms with E-state index in [4.69, 9.17) is 16.3 Å². The summed E-state index contributed by atoms with van der Waals surface area (Å²) in [5.41, 5.74) is 1.78. The number of halogens is 2. The number of nitrogens with zero attached hydrogens (tertiary/aromatic N) is 1. The first-order valence-electron chi connectivity index (χ1n) is 12.5. The second-order valence-electron chi connectivity index (χ2n) is 9.41. The molecule has 1 unspecified atom stereocenters. The number of fused-ring (bicyclic) bond motifs is 1. The van der Waals surface area contributed by atoms with Crippen LogP contribution in [0.15, 0.2) is 95.5 Å². The van der Waals surface area contributed by atoms with Crippen molar-refractivity contribution < 1.29 is 14.3 Å². The van der Waals surface area contributed by atoms with Gasteiger partial charge in [-0.1, -0.05) is 84.4 Å². The van der Waals surface area contributed by atoms with Gasteiger partial charge in [0.15, 0.2) is 6.61 Å². The Morgan fingerprint density at radius 1 is 0.921 bits per heavy atom. The molecule has 7 heteroatoms. The van der Waals surface area contributed by atoms with Gasteiger partial charge in [0.25, 0.3) is 5.91 Å². The summed E-state index contributed by atoms with van der Waals surface area (Å²) in [4.78, 5) is 28.8. The number of hydrogen-bond acceptors (Lipinski definition) is 3. The van der Waals surface area contributed by atoms with E-state index < -0.39 is 6.04 Å². The van der Waals surface area contributed by atoms with Gasteiger partial charge in [-0.15, -0.1) is 0 Å². The molecular formula is C31H30BrClN2O3. The van der Waals surface area contributed by atoms with Gasteiger partial charge < -0.3 is 15.0 Å². The Morgan fingerprint density at radius 3 is 2.37 bits per heavy atom. The maximum atomic E-state index is 13.8. The summed E-state index contributed by atoms with van der Waals surface area (Å²) in [6.45, 7) is 3.80. The van der Waals surface area contributed by atoms with Crippen LogP contribution in [0.2, 0.25) is 5.02 Å². The van der Waals surface area contributed by atoms with Gasteiger partial charge in [0.05, 0.1) is 4.47 Å². The molecule has 0 saturated carbocycles. The lowest BCUT2D eigenvalue weighted by Gasteiger charge is -2.32. The fourth-order valence-corrected chi connectivity index (χ4v) is 5.13. The maximum absolute atomic E-state index is 13.8. The molecule has 4 rings (SSSR count). The van der Waals surface area contributed by atoms with Crippen LogP contribution in [-0.2, 0) is 22.6 Å². The topological polar surface area (TPSA) is 58.6 Å². The van der Waals surface area contributed by atoms with E-state index in [1.54, 1.807) is 11.0 Å². The normalized spacial score (nSPS) is 11.8. The van der Waals surface area contributed by atoms with Crippen LogP contribution in [0.4, 0.5) is 0 Å². The highest BCUT2D eigenvalue weighted by atomic mass is 79.9. The van der Waals surface area contributed by atoms with Crippen LogP contribution < -0.4 is 10.1 Å². The van der Waals surface area contributed by atoms with E-state index in [2.05, 4.69) is 21.2 Å². The quantitative estimate of drug-likeness (QED) is 0.220. The van der Waals surface area contributed by atoms with Crippen LogP contribution in [-0.4, -0.2) is 35.4 Å². The van der Waals surface area contributed by atoms with Gasteiger partial charge in [0.2, 0.25) is 5.91 Å². The molecule has 2 amide bonds. The zero-order valence-electron chi connectivity index (χ0n) is 21.4. The lowest BCUT2D eigenvalue weighted by atomic mass is 10.0. The van der Waals surface area contributed by atoms with Gasteiger partial charge in [-0.25, -0.2) is 0 Å². The predicted octanol–water partition coefficient (Wildman–Crippen LogP) is 6.80. The Morgan fingerprint density at radius 2 is 1.63 bits per heavy atom. The Bertz CT molecular complexity index is 1410. The first kappa shape index (κ1) is 27.7. The molecule has 196 valence electrons. The molecule has 0 aromatic heterocycles. The highest BCUT2D eigenvalue weighted by molar-refractivity contribution is 9.10. The van der Waals surface area contributed by atoms with E-state index in [0.717, 1.165) is 26.4 Å². The predicted molar refractivity (Wildman–Crippen MR) is 156 cm³/mol. The highest BCUT2D eigenvalue weighted by Crippen LogP contribution is 2.33. The van der Waals surface area contributed by atoms with Crippen molar-refractivity contribution in [2.75, 3.05) is 6.61 Å². The van der Waals surface area contributed by atoms with Crippen LogP contribution in [0.25, 0.3) is 10.8 Å². The van der Waals surface area contributed by atoms with Crippen molar-refractivity contribution in [3.8, 4) is 5.75 Å². The lowest BCUT2D eigenvalue weighted by molar-refractivity contribution is -0.143. The van der Waals surface area contributed by atoms with Gasteiger partial charge in [0.1, 0.15) is 11.8 Å². The maximum Gasteiger partial charge on any atom is 0.261 e. The molecular weight excluding hydrogens is 564 g/mol. The first-order valence-corrected chi connectivity index (χ1v) is 13.7. The number of carbonyl (C=O) groups excluding carboxylic acids is 2. The third-order valence-electron chi connectivity index (χ3n) is 6.12. The van der Waals surface area contributed by atoms with Crippen molar-refractivity contribution in [2.45, 2.75) is 38.9 Å². The standard InChI is InChI=1S/C31H30BrClN2O3/c1-21(2)34-31(37)27(18-22-9-4-3-5-10-22)35(19-23-11-8-13-25(33)17-23)29(36)20-38-28-16-15-24-12-6-7-14-26(24)30(28)32/h3-17,21,27H,18-20H2,1-2H3,(H,34,37). The van der Waals surface area contributed by atoms with E-state index in [1.165, 1.54) is 0 Å². The number of ether oxygens (including phenoxy) is 1. The van der Waals surface area contributed by atoms with Crippen LogP contribution in [0.3, 0.4) is 0 Å². The number of hydrogen-bond donors (Lipinski definition) is 1. The summed E-state index contributed by atoms with van der Waals surface area (Å²) in [6.07, 6.45) is 0.366. The molecule has 0 fully saturated rings. The van der Waals surface area contributed by atoms with E-state index in [9.17, 15) is 9.59 Å². The Balaban J connectivity index is 1.64. The van der Waals surface area contributed by atoms with E-state index in [1.807, 2.05) is 98.8 Å². The minimum atomic E-state index is -0.741. The molecule has 0 radical (unpaired) electrons. The van der Waals surface area contributed by atoms with E-state index >= 15 is 0 Å². The van der Waals surface area contributed by atoms with Crippen LogP contribution >= 0.6 is 27.5 Å². The van der Waals surface area contributed by atoms with Gasteiger partial charge in [-0.2, -0.15) is 0 Å². The third-order valence-corrected chi connectivity index (χ3v) is 7.18. The van der Waals surface area contributed by atoms with Crippen LogP contribution in [0.5, 0.6) is 5.75 Å². The second kappa shape index (κ2) is 12.9. The lowest BCUT2D eigenvalue weighted by Crippen LogP contribution is -2.52. The largest absolute Gasteiger partial charge is 0.483 e. The number of amides is 2. The number of carbonyl (C=O) groups is 2. The molecule has 0 heterocycles. The van der Waals surface area contributed by atoms with Crippen molar-refractivity contribution in [3.05, 3.63) is 112 Å². The second-order valence-corrected chi connectivity index (χ2v) is 10.6. The van der Waals surface area contributed by atoms with Crippen molar-refractivity contribution in [2.24, 2.45) is 0 Å². The summed E-state index contributed by atoms with van der Waals surface area (Å²) in [6, 6.07) is 27.9. The summed E-state index contributed by atoms with van der Waals surface area (Å²) >= 11 is 9.87. The third kappa shape index (κ3) is 7.15. The zero-order chi connectivity index (χ0) is 27.1. The SMILES string of the molecule is CC(C)NC(=O)C(Cc1ccccc1)N(Cc1cccc(Cl)c1)C(=O)COc1ccc2ccccc2c1Br. The van der Waals surface area contributed by atoms with Crippen molar-refractivity contribution in [1.29, 1.82) is 0 Å². The highest BCUT2D eigenvalue weighted by Gasteiger charge is 2.31. The molecule has 38 heavy (non-hydrogen) atoms. The van der Waals surface area contributed by atoms with Crippen molar-refractivity contribution >= 4 is 50.1 Å².